The van der Waals surface area contributed by atoms with Crippen molar-refractivity contribution in [3.8, 4) is 17.2 Å². The van der Waals surface area contributed by atoms with E-state index in [0.29, 0.717) is 17.1 Å². The number of furan rings is 1. The SMILES string of the molecule is Cc1ccc(-c2nc(N)nc3c2C(=O)OC3Cc2ccccc2OC(F)F)o1. The number of hydrogen-bond acceptors (Lipinski definition) is 7. The normalized spacial score (nSPS) is 15.6. The van der Waals surface area contributed by atoms with Crippen molar-refractivity contribution in [2.45, 2.75) is 26.1 Å². The van der Waals surface area contributed by atoms with E-state index in [1.54, 1.807) is 37.3 Å². The molecule has 0 amide bonds. The average molecular weight is 387 g/mol. The molecule has 1 unspecified atom stereocenters. The molecule has 9 heteroatoms. The van der Waals surface area contributed by atoms with Crippen molar-refractivity contribution < 1.29 is 27.5 Å². The number of nitrogen functional groups attached to an aromatic ring is 1. The number of fused-ring (bicyclic) bond motifs is 1. The summed E-state index contributed by atoms with van der Waals surface area (Å²) in [5.74, 6) is 0.328. The minimum Gasteiger partial charge on any atom is -0.460 e. The molecule has 4 rings (SSSR count). The minimum absolute atomic E-state index is 0.00547. The number of aromatic nitrogens is 2. The third-order valence-corrected chi connectivity index (χ3v) is 4.28. The Labute approximate surface area is 158 Å². The Kier molecular flexibility index (Phi) is 4.42. The van der Waals surface area contributed by atoms with Gasteiger partial charge in [0.15, 0.2) is 5.76 Å². The van der Waals surface area contributed by atoms with Crippen molar-refractivity contribution >= 4 is 11.9 Å². The van der Waals surface area contributed by atoms with Gasteiger partial charge in [-0.05, 0) is 30.7 Å². The summed E-state index contributed by atoms with van der Waals surface area (Å²) in [6.07, 6.45) is -0.723. The summed E-state index contributed by atoms with van der Waals surface area (Å²) in [6.45, 7) is -1.21. The van der Waals surface area contributed by atoms with E-state index in [1.807, 2.05) is 0 Å². The zero-order valence-corrected chi connectivity index (χ0v) is 14.7. The predicted octanol–water partition coefficient (Wildman–Crippen LogP) is 3.68. The van der Waals surface area contributed by atoms with Gasteiger partial charge in [-0.25, -0.2) is 14.8 Å². The smallest absolute Gasteiger partial charge is 0.387 e. The molecule has 0 radical (unpaired) electrons. The summed E-state index contributed by atoms with van der Waals surface area (Å²) in [5.41, 5.74) is 6.94. The number of alkyl halides is 2. The highest BCUT2D eigenvalue weighted by atomic mass is 19.3. The van der Waals surface area contributed by atoms with E-state index in [2.05, 4.69) is 14.7 Å². The number of anilines is 1. The molecule has 0 saturated heterocycles. The fourth-order valence-electron chi connectivity index (χ4n) is 3.14. The van der Waals surface area contributed by atoms with Crippen LogP contribution in [0.1, 0.15) is 33.5 Å². The molecule has 1 aromatic carbocycles. The van der Waals surface area contributed by atoms with Crippen LogP contribution in [-0.4, -0.2) is 22.5 Å². The fourth-order valence-corrected chi connectivity index (χ4v) is 3.14. The number of benzene rings is 1. The average Bonchev–Trinajstić information content (AvgIpc) is 3.20. The Hall–Kier alpha value is -3.49. The summed E-state index contributed by atoms with van der Waals surface area (Å²) in [7, 11) is 0. The van der Waals surface area contributed by atoms with E-state index < -0.39 is 18.7 Å². The highest BCUT2D eigenvalue weighted by Gasteiger charge is 2.38. The van der Waals surface area contributed by atoms with Gasteiger partial charge < -0.3 is 19.6 Å². The molecule has 7 nitrogen and oxygen atoms in total. The number of aryl methyl sites for hydroxylation is 1. The van der Waals surface area contributed by atoms with Crippen molar-refractivity contribution in [1.82, 2.24) is 9.97 Å². The molecule has 0 spiro atoms. The highest BCUT2D eigenvalue weighted by molar-refractivity contribution is 5.99. The Bertz CT molecular complexity index is 1050. The number of carbonyl (C=O) groups excluding carboxylic acids is 1. The monoisotopic (exact) mass is 387 g/mol. The second-order valence-corrected chi connectivity index (χ2v) is 6.19. The number of nitrogens with zero attached hydrogens (tertiary/aromatic N) is 2. The quantitative estimate of drug-likeness (QED) is 0.667. The maximum Gasteiger partial charge on any atom is 0.387 e. The molecule has 3 heterocycles. The Morgan fingerprint density at radius 2 is 2.00 bits per heavy atom. The predicted molar refractivity (Wildman–Crippen MR) is 93.8 cm³/mol. The summed E-state index contributed by atoms with van der Waals surface area (Å²) >= 11 is 0. The molecule has 0 bridgehead atoms. The molecule has 3 aromatic rings. The number of hydrogen-bond donors (Lipinski definition) is 1. The molecule has 144 valence electrons. The molecule has 0 aliphatic carbocycles. The summed E-state index contributed by atoms with van der Waals surface area (Å²) < 4.78 is 40.9. The number of cyclic esters (lactones) is 1. The zero-order chi connectivity index (χ0) is 19.8. The molecule has 0 fully saturated rings. The molecule has 1 atom stereocenters. The van der Waals surface area contributed by atoms with Gasteiger partial charge in [0.25, 0.3) is 0 Å². The fraction of sp³-hybridized carbons (Fsp3) is 0.211. The van der Waals surface area contributed by atoms with E-state index in [1.165, 1.54) is 6.07 Å². The molecule has 1 aliphatic rings. The van der Waals surface area contributed by atoms with Gasteiger partial charge >= 0.3 is 12.6 Å². The van der Waals surface area contributed by atoms with Crippen LogP contribution in [0, 0.1) is 6.92 Å². The van der Waals surface area contributed by atoms with Gasteiger partial charge in [0.05, 0.1) is 0 Å². The lowest BCUT2D eigenvalue weighted by atomic mass is 10.0. The lowest BCUT2D eigenvalue weighted by Gasteiger charge is -2.14. The molecule has 2 aromatic heterocycles. The standard InChI is InChI=1S/C19H15F2N3O4/c1-9-6-7-12(26-9)15-14-16(24-19(22)23-15)13(27-17(14)25)8-10-4-2-3-5-11(10)28-18(20)21/h2-7,13,18H,8H2,1H3,(H2,22,23,24). The molecular formula is C19H15F2N3O4. The molecule has 28 heavy (non-hydrogen) atoms. The van der Waals surface area contributed by atoms with Gasteiger partial charge in [-0.2, -0.15) is 8.78 Å². The first kappa shape index (κ1) is 17.9. The Morgan fingerprint density at radius 3 is 2.71 bits per heavy atom. The zero-order valence-electron chi connectivity index (χ0n) is 14.7. The van der Waals surface area contributed by atoms with Crippen LogP contribution in [0.3, 0.4) is 0 Å². The second-order valence-electron chi connectivity index (χ2n) is 6.19. The Morgan fingerprint density at radius 1 is 1.21 bits per heavy atom. The first-order valence-electron chi connectivity index (χ1n) is 8.40. The van der Waals surface area contributed by atoms with E-state index in [9.17, 15) is 13.6 Å². The number of rotatable bonds is 5. The van der Waals surface area contributed by atoms with E-state index >= 15 is 0 Å². The first-order valence-corrected chi connectivity index (χ1v) is 8.40. The van der Waals surface area contributed by atoms with Gasteiger partial charge in [0, 0.05) is 6.42 Å². The van der Waals surface area contributed by atoms with Crippen LogP contribution in [0.15, 0.2) is 40.8 Å². The van der Waals surface area contributed by atoms with Crippen LogP contribution in [0.4, 0.5) is 14.7 Å². The largest absolute Gasteiger partial charge is 0.460 e. The van der Waals surface area contributed by atoms with Gasteiger partial charge in [-0.3, -0.25) is 0 Å². The van der Waals surface area contributed by atoms with Crippen LogP contribution in [0.2, 0.25) is 0 Å². The minimum atomic E-state index is -2.97. The van der Waals surface area contributed by atoms with Crippen LogP contribution in [0.25, 0.3) is 11.5 Å². The van der Waals surface area contributed by atoms with Crippen molar-refractivity contribution in [2.75, 3.05) is 5.73 Å². The third-order valence-electron chi connectivity index (χ3n) is 4.28. The van der Waals surface area contributed by atoms with Crippen LogP contribution >= 0.6 is 0 Å². The summed E-state index contributed by atoms with van der Waals surface area (Å²) in [4.78, 5) is 20.8. The molecule has 0 saturated carbocycles. The maximum atomic E-state index is 12.7. The van der Waals surface area contributed by atoms with Gasteiger partial charge in [-0.15, -0.1) is 0 Å². The van der Waals surface area contributed by atoms with E-state index in [4.69, 9.17) is 14.9 Å². The molecule has 1 aliphatic heterocycles. The van der Waals surface area contributed by atoms with Crippen molar-refractivity contribution in [1.29, 1.82) is 0 Å². The summed E-state index contributed by atoms with van der Waals surface area (Å²) in [5, 5.41) is 0. The molecular weight excluding hydrogens is 372 g/mol. The molecule has 2 N–H and O–H groups in total. The highest BCUT2D eigenvalue weighted by Crippen LogP contribution is 2.39. The lowest BCUT2D eigenvalue weighted by Crippen LogP contribution is -2.09. The van der Waals surface area contributed by atoms with Crippen LogP contribution in [0.5, 0.6) is 5.75 Å². The van der Waals surface area contributed by atoms with Crippen LogP contribution in [-0.2, 0) is 11.2 Å². The first-order chi connectivity index (χ1) is 13.4. The Balaban J connectivity index is 1.73. The van der Waals surface area contributed by atoms with E-state index in [0.717, 1.165) is 0 Å². The van der Waals surface area contributed by atoms with Crippen molar-refractivity contribution in [3.05, 3.63) is 59.0 Å². The van der Waals surface area contributed by atoms with Gasteiger partial charge in [0.1, 0.15) is 34.6 Å². The summed E-state index contributed by atoms with van der Waals surface area (Å²) in [6, 6.07) is 9.69. The number of nitrogens with two attached hydrogens (primary N) is 1. The van der Waals surface area contributed by atoms with Gasteiger partial charge in [-0.1, -0.05) is 18.2 Å². The topological polar surface area (TPSA) is 100 Å². The van der Waals surface area contributed by atoms with Crippen LogP contribution < -0.4 is 10.5 Å². The van der Waals surface area contributed by atoms with Crippen molar-refractivity contribution in [3.63, 3.8) is 0 Å². The van der Waals surface area contributed by atoms with E-state index in [-0.39, 0.29) is 35.1 Å². The lowest BCUT2D eigenvalue weighted by molar-refractivity contribution is -0.0508. The number of esters is 1. The third kappa shape index (κ3) is 3.26. The maximum absolute atomic E-state index is 12.7. The van der Waals surface area contributed by atoms with Gasteiger partial charge in [0.2, 0.25) is 5.95 Å². The second kappa shape index (κ2) is 6.91. The number of ether oxygens (including phenoxy) is 2. The number of para-hydroxylation sites is 1. The number of halogens is 2. The van der Waals surface area contributed by atoms with Crippen molar-refractivity contribution in [2.24, 2.45) is 0 Å². The number of carbonyl (C=O) groups is 1.